The second kappa shape index (κ2) is 7.46. The minimum atomic E-state index is -0.980. The van der Waals surface area contributed by atoms with Crippen molar-refractivity contribution in [3.63, 3.8) is 0 Å². The minimum absolute atomic E-state index is 0.0884. The third-order valence-electron chi connectivity index (χ3n) is 5.73. The van der Waals surface area contributed by atoms with Crippen LogP contribution in [0.4, 0.5) is 4.39 Å². The molecule has 1 atom stereocenters. The van der Waals surface area contributed by atoms with Gasteiger partial charge in [0.1, 0.15) is 11.9 Å². The van der Waals surface area contributed by atoms with Crippen LogP contribution in [-0.4, -0.2) is 58.4 Å². The van der Waals surface area contributed by atoms with Gasteiger partial charge in [0, 0.05) is 31.6 Å². The quantitative estimate of drug-likeness (QED) is 0.850. The zero-order valence-corrected chi connectivity index (χ0v) is 15.8. The number of benzene rings is 1. The van der Waals surface area contributed by atoms with Gasteiger partial charge in [-0.2, -0.15) is 0 Å². The molecule has 1 unspecified atom stereocenters. The van der Waals surface area contributed by atoms with E-state index in [-0.39, 0.29) is 28.7 Å². The Balaban J connectivity index is 1.62. The van der Waals surface area contributed by atoms with E-state index in [9.17, 15) is 23.9 Å². The number of carboxylic acids is 1. The molecule has 1 spiro atoms. The van der Waals surface area contributed by atoms with Crippen molar-refractivity contribution in [1.82, 2.24) is 9.80 Å². The van der Waals surface area contributed by atoms with Gasteiger partial charge >= 0.3 is 5.97 Å². The predicted octanol–water partition coefficient (Wildman–Crippen LogP) is 2.34. The number of carboxylic acid groups (broad SMARTS) is 1. The van der Waals surface area contributed by atoms with E-state index < -0.39 is 17.8 Å². The maximum atomic E-state index is 13.1. The Labute approximate surface area is 161 Å². The summed E-state index contributed by atoms with van der Waals surface area (Å²) in [5.74, 6) is -1.75. The summed E-state index contributed by atoms with van der Waals surface area (Å²) >= 11 is 6.00. The Hall–Kier alpha value is -2.15. The molecule has 1 aromatic rings. The zero-order valence-electron chi connectivity index (χ0n) is 15.1. The van der Waals surface area contributed by atoms with Crippen molar-refractivity contribution < 1.29 is 23.9 Å². The molecular formula is C19H22ClFN2O4. The van der Waals surface area contributed by atoms with Gasteiger partial charge < -0.3 is 14.9 Å². The molecule has 2 fully saturated rings. The Kier molecular flexibility index (Phi) is 5.42. The number of aliphatic carboxylic acids is 1. The van der Waals surface area contributed by atoms with Crippen LogP contribution in [0.1, 0.15) is 31.7 Å². The number of likely N-dealkylation sites (tertiary alicyclic amines) is 2. The number of rotatable bonds is 3. The van der Waals surface area contributed by atoms with Crippen LogP contribution in [-0.2, 0) is 20.8 Å². The number of hydrogen-bond acceptors (Lipinski definition) is 3. The monoisotopic (exact) mass is 396 g/mol. The average Bonchev–Trinajstić information content (AvgIpc) is 2.98. The molecule has 2 saturated heterocycles. The zero-order chi connectivity index (χ0) is 19.8. The van der Waals surface area contributed by atoms with E-state index in [2.05, 4.69) is 0 Å². The van der Waals surface area contributed by atoms with E-state index in [4.69, 9.17) is 11.6 Å². The lowest BCUT2D eigenvalue weighted by Gasteiger charge is -2.39. The standard InChI is InChI=1S/C19H22ClFN2O4/c1-12(24)23-11-19(10-16(23)18(26)27)4-6-22(7-5-19)17(25)8-13-2-3-14(21)9-15(13)20/h2-3,9,16H,4-8,10-11H2,1H3,(H,26,27). The maximum absolute atomic E-state index is 13.1. The summed E-state index contributed by atoms with van der Waals surface area (Å²) in [5.41, 5.74) is 0.330. The Bertz CT molecular complexity index is 753. The summed E-state index contributed by atoms with van der Waals surface area (Å²) in [6.45, 7) is 2.83. The molecule has 0 saturated carbocycles. The van der Waals surface area contributed by atoms with Crippen molar-refractivity contribution in [1.29, 1.82) is 0 Å². The minimum Gasteiger partial charge on any atom is -0.480 e. The largest absolute Gasteiger partial charge is 0.480 e. The molecule has 0 radical (unpaired) electrons. The summed E-state index contributed by atoms with van der Waals surface area (Å²) in [6.07, 6.45) is 1.84. The molecule has 8 heteroatoms. The summed E-state index contributed by atoms with van der Waals surface area (Å²) < 4.78 is 13.1. The number of carbonyl (C=O) groups excluding carboxylic acids is 2. The molecule has 2 aliphatic rings. The SMILES string of the molecule is CC(=O)N1CC2(CCN(C(=O)Cc3ccc(F)cc3Cl)CC2)CC1C(=O)O. The fourth-order valence-corrected chi connectivity index (χ4v) is 4.37. The summed E-state index contributed by atoms with van der Waals surface area (Å²) in [4.78, 5) is 39.0. The van der Waals surface area contributed by atoms with E-state index in [1.54, 1.807) is 4.90 Å². The first kappa shape index (κ1) is 19.6. The van der Waals surface area contributed by atoms with Gasteiger partial charge in [0.25, 0.3) is 0 Å². The molecule has 3 rings (SSSR count). The van der Waals surface area contributed by atoms with Crippen LogP contribution >= 0.6 is 11.6 Å². The van der Waals surface area contributed by atoms with E-state index in [1.165, 1.54) is 30.0 Å². The fourth-order valence-electron chi connectivity index (χ4n) is 4.14. The number of nitrogens with zero attached hydrogens (tertiary/aromatic N) is 2. The normalized spacial score (nSPS) is 21.5. The first-order chi connectivity index (χ1) is 12.7. The van der Waals surface area contributed by atoms with Crippen LogP contribution in [0.25, 0.3) is 0 Å². The molecule has 2 heterocycles. The summed E-state index contributed by atoms with van der Waals surface area (Å²) in [5, 5.41) is 9.63. The van der Waals surface area contributed by atoms with Gasteiger partial charge in [0.15, 0.2) is 0 Å². The second-order valence-electron chi connectivity index (χ2n) is 7.50. The fraction of sp³-hybridized carbons (Fsp3) is 0.526. The van der Waals surface area contributed by atoms with Gasteiger partial charge in [-0.25, -0.2) is 9.18 Å². The van der Waals surface area contributed by atoms with Crippen molar-refractivity contribution >= 4 is 29.4 Å². The van der Waals surface area contributed by atoms with Crippen LogP contribution in [0.3, 0.4) is 0 Å². The molecule has 146 valence electrons. The van der Waals surface area contributed by atoms with E-state index in [0.717, 1.165) is 0 Å². The van der Waals surface area contributed by atoms with Gasteiger partial charge in [-0.1, -0.05) is 17.7 Å². The molecule has 0 bridgehead atoms. The highest BCUT2D eigenvalue weighted by Crippen LogP contribution is 2.43. The van der Waals surface area contributed by atoms with Crippen LogP contribution in [0, 0.1) is 11.2 Å². The third kappa shape index (κ3) is 4.08. The van der Waals surface area contributed by atoms with Gasteiger partial charge in [-0.3, -0.25) is 9.59 Å². The molecule has 2 aliphatic heterocycles. The second-order valence-corrected chi connectivity index (χ2v) is 7.91. The molecular weight excluding hydrogens is 375 g/mol. The van der Waals surface area contributed by atoms with Crippen molar-refractivity contribution in [3.05, 3.63) is 34.6 Å². The molecule has 0 aromatic heterocycles. The molecule has 1 aromatic carbocycles. The van der Waals surface area contributed by atoms with Gasteiger partial charge in [0.05, 0.1) is 6.42 Å². The van der Waals surface area contributed by atoms with Crippen molar-refractivity contribution in [2.45, 2.75) is 38.6 Å². The lowest BCUT2D eigenvalue weighted by molar-refractivity contribution is -0.147. The van der Waals surface area contributed by atoms with E-state index >= 15 is 0 Å². The first-order valence-corrected chi connectivity index (χ1v) is 9.30. The molecule has 0 aliphatic carbocycles. The number of halogens is 2. The van der Waals surface area contributed by atoms with Crippen LogP contribution in [0.2, 0.25) is 5.02 Å². The number of piperidine rings is 1. The van der Waals surface area contributed by atoms with Gasteiger partial charge in [-0.15, -0.1) is 0 Å². The Morgan fingerprint density at radius 1 is 1.30 bits per heavy atom. The van der Waals surface area contributed by atoms with Crippen LogP contribution < -0.4 is 0 Å². The Morgan fingerprint density at radius 2 is 1.96 bits per heavy atom. The van der Waals surface area contributed by atoms with Gasteiger partial charge in [-0.05, 0) is 42.4 Å². The molecule has 1 N–H and O–H groups in total. The van der Waals surface area contributed by atoms with E-state index in [1.807, 2.05) is 0 Å². The predicted molar refractivity (Wildman–Crippen MR) is 96.8 cm³/mol. The first-order valence-electron chi connectivity index (χ1n) is 8.92. The van der Waals surface area contributed by atoms with Gasteiger partial charge in [0.2, 0.25) is 11.8 Å². The summed E-state index contributed by atoms with van der Waals surface area (Å²) in [7, 11) is 0. The highest BCUT2D eigenvalue weighted by Gasteiger charge is 2.49. The smallest absolute Gasteiger partial charge is 0.326 e. The van der Waals surface area contributed by atoms with E-state index in [0.29, 0.717) is 44.5 Å². The highest BCUT2D eigenvalue weighted by molar-refractivity contribution is 6.31. The van der Waals surface area contributed by atoms with Crippen LogP contribution in [0.15, 0.2) is 18.2 Å². The lowest BCUT2D eigenvalue weighted by atomic mass is 9.76. The number of carbonyl (C=O) groups is 3. The maximum Gasteiger partial charge on any atom is 0.326 e. The highest BCUT2D eigenvalue weighted by atomic mass is 35.5. The number of amides is 2. The molecule has 2 amide bonds. The third-order valence-corrected chi connectivity index (χ3v) is 6.08. The summed E-state index contributed by atoms with van der Waals surface area (Å²) in [6, 6.07) is 3.19. The molecule has 27 heavy (non-hydrogen) atoms. The average molecular weight is 397 g/mol. The Morgan fingerprint density at radius 3 is 2.48 bits per heavy atom. The van der Waals surface area contributed by atoms with Crippen molar-refractivity contribution in [3.8, 4) is 0 Å². The van der Waals surface area contributed by atoms with Crippen molar-refractivity contribution in [2.24, 2.45) is 5.41 Å². The molecule has 6 nitrogen and oxygen atoms in total. The number of hydrogen-bond donors (Lipinski definition) is 1. The topological polar surface area (TPSA) is 77.9 Å². The van der Waals surface area contributed by atoms with Crippen LogP contribution in [0.5, 0.6) is 0 Å². The lowest BCUT2D eigenvalue weighted by Crippen LogP contribution is -2.45. The van der Waals surface area contributed by atoms with Crippen molar-refractivity contribution in [2.75, 3.05) is 19.6 Å².